The van der Waals surface area contributed by atoms with E-state index in [0.717, 1.165) is 13.0 Å². The zero-order valence-electron chi connectivity index (χ0n) is 8.21. The van der Waals surface area contributed by atoms with Gasteiger partial charge in [-0.1, -0.05) is 17.7 Å². The molecule has 2 nitrogen and oxygen atoms in total. The molecule has 1 saturated heterocycles. The molecule has 0 bridgehead atoms. The number of alkyl halides is 1. The first-order chi connectivity index (χ1) is 6.62. The predicted molar refractivity (Wildman–Crippen MR) is 61.5 cm³/mol. The van der Waals surface area contributed by atoms with Crippen LogP contribution in [0.25, 0.3) is 0 Å². The Balaban J connectivity index is 2.14. The van der Waals surface area contributed by atoms with Crippen LogP contribution >= 0.6 is 23.2 Å². The van der Waals surface area contributed by atoms with Gasteiger partial charge in [0.05, 0.1) is 11.4 Å². The van der Waals surface area contributed by atoms with Gasteiger partial charge in [0.1, 0.15) is 5.17 Å². The van der Waals surface area contributed by atoms with Gasteiger partial charge in [0, 0.05) is 6.04 Å². The molecule has 4 heteroatoms. The van der Waals surface area contributed by atoms with Crippen LogP contribution in [0.3, 0.4) is 0 Å². The lowest BCUT2D eigenvalue weighted by molar-refractivity contribution is 0.273. The van der Waals surface area contributed by atoms with Gasteiger partial charge >= 0.3 is 0 Å². The molecule has 0 aromatic carbocycles. The van der Waals surface area contributed by atoms with Crippen molar-refractivity contribution in [3.8, 4) is 0 Å². The molecule has 78 valence electrons. The number of likely N-dealkylation sites (tertiary alicyclic amines) is 1. The number of halogens is 2. The lowest BCUT2D eigenvalue weighted by atomic mass is 9.95. The van der Waals surface area contributed by atoms with Crippen LogP contribution in [0.15, 0.2) is 17.1 Å². The van der Waals surface area contributed by atoms with E-state index in [1.165, 1.54) is 6.42 Å². The van der Waals surface area contributed by atoms with Crippen LogP contribution in [0.1, 0.15) is 12.8 Å². The normalized spacial score (nSPS) is 38.8. The molecule has 0 spiro atoms. The van der Waals surface area contributed by atoms with Gasteiger partial charge in [-0.25, -0.2) is 0 Å². The maximum absolute atomic E-state index is 6.55. The summed E-state index contributed by atoms with van der Waals surface area (Å²) in [5.74, 6) is 0. The fraction of sp³-hybridized carbons (Fsp3) is 0.700. The van der Waals surface area contributed by atoms with E-state index in [-0.39, 0.29) is 4.87 Å². The van der Waals surface area contributed by atoms with Crippen LogP contribution in [0.5, 0.6) is 0 Å². The Labute approximate surface area is 94.6 Å². The molecular formula is C10H14Cl2N2. The summed E-state index contributed by atoms with van der Waals surface area (Å²) in [5, 5.41) is 0.557. The summed E-state index contributed by atoms with van der Waals surface area (Å²) in [6.07, 6.45) is 6.18. The van der Waals surface area contributed by atoms with Crippen molar-refractivity contribution in [2.24, 2.45) is 4.99 Å². The largest absolute Gasteiger partial charge is 0.301 e. The van der Waals surface area contributed by atoms with E-state index in [4.69, 9.17) is 23.2 Å². The highest BCUT2D eigenvalue weighted by molar-refractivity contribution is 6.68. The number of rotatable bonds is 1. The van der Waals surface area contributed by atoms with Crippen molar-refractivity contribution < 1.29 is 0 Å². The molecule has 14 heavy (non-hydrogen) atoms. The average Bonchev–Trinajstić information content (AvgIpc) is 2.58. The second kappa shape index (κ2) is 3.84. The fourth-order valence-corrected chi connectivity index (χ4v) is 2.76. The van der Waals surface area contributed by atoms with Gasteiger partial charge in [0.25, 0.3) is 0 Å². The number of nitrogens with zero attached hydrogens (tertiary/aromatic N) is 2. The van der Waals surface area contributed by atoms with Crippen LogP contribution in [-0.4, -0.2) is 41.1 Å². The maximum Gasteiger partial charge on any atom is 0.123 e. The van der Waals surface area contributed by atoms with Gasteiger partial charge in [-0.15, -0.1) is 11.6 Å². The predicted octanol–water partition coefficient (Wildman–Crippen LogP) is 2.27. The molecule has 1 unspecified atom stereocenters. The van der Waals surface area contributed by atoms with E-state index in [1.54, 1.807) is 0 Å². The Morgan fingerprint density at radius 1 is 1.64 bits per heavy atom. The summed E-state index contributed by atoms with van der Waals surface area (Å²) in [4.78, 5) is 6.17. The number of allylic oxidation sites excluding steroid dienone is 1. The molecule has 0 aromatic rings. The van der Waals surface area contributed by atoms with E-state index in [9.17, 15) is 0 Å². The van der Waals surface area contributed by atoms with Crippen LogP contribution in [0.2, 0.25) is 0 Å². The number of dihydropyridines is 1. The maximum atomic E-state index is 6.55. The summed E-state index contributed by atoms with van der Waals surface area (Å²) >= 11 is 12.3. The molecule has 0 saturated carbocycles. The molecule has 0 aliphatic carbocycles. The van der Waals surface area contributed by atoms with Crippen molar-refractivity contribution in [2.75, 3.05) is 20.1 Å². The second-order valence-corrected chi connectivity index (χ2v) is 5.13. The lowest BCUT2D eigenvalue weighted by Gasteiger charge is -2.34. The Morgan fingerprint density at radius 2 is 2.43 bits per heavy atom. The van der Waals surface area contributed by atoms with Crippen LogP contribution < -0.4 is 0 Å². The fourth-order valence-electron chi connectivity index (χ4n) is 2.24. The molecule has 2 aliphatic rings. The molecule has 2 rings (SSSR count). The van der Waals surface area contributed by atoms with E-state index in [1.807, 2.05) is 12.2 Å². The van der Waals surface area contributed by atoms with Crippen molar-refractivity contribution in [3.05, 3.63) is 12.2 Å². The van der Waals surface area contributed by atoms with Crippen molar-refractivity contribution >= 4 is 28.4 Å². The minimum absolute atomic E-state index is 0.344. The van der Waals surface area contributed by atoms with Crippen LogP contribution in [0.4, 0.5) is 0 Å². The molecule has 2 heterocycles. The van der Waals surface area contributed by atoms with Crippen LogP contribution in [0, 0.1) is 0 Å². The highest BCUT2D eigenvalue weighted by Crippen LogP contribution is 2.34. The van der Waals surface area contributed by atoms with E-state index >= 15 is 0 Å². The van der Waals surface area contributed by atoms with Crippen molar-refractivity contribution in [3.63, 3.8) is 0 Å². The Bertz CT molecular complexity index is 288. The first-order valence-electron chi connectivity index (χ1n) is 4.90. The Hall–Kier alpha value is -0.0500. The molecule has 0 N–H and O–H groups in total. The highest BCUT2D eigenvalue weighted by Gasteiger charge is 2.40. The molecule has 0 aromatic heterocycles. The van der Waals surface area contributed by atoms with Crippen molar-refractivity contribution in [1.29, 1.82) is 0 Å². The zero-order chi connectivity index (χ0) is 10.2. The standard InChI is InChI=1S/C10H14Cl2N2/c1-14-6-2-3-8(14)10(12)5-4-9(11)13-7-10/h4-5,8H,2-3,6-7H2,1H3/t8-,10?/m0/s1. The first-order valence-corrected chi connectivity index (χ1v) is 5.66. The monoisotopic (exact) mass is 232 g/mol. The average molecular weight is 233 g/mol. The second-order valence-electron chi connectivity index (χ2n) is 4.04. The quantitative estimate of drug-likeness (QED) is 0.634. The molecule has 0 amide bonds. The molecule has 2 atom stereocenters. The first kappa shape index (κ1) is 10.5. The summed E-state index contributed by atoms with van der Waals surface area (Å²) < 4.78 is 0. The third-order valence-electron chi connectivity index (χ3n) is 3.04. The van der Waals surface area contributed by atoms with Gasteiger partial charge in [-0.2, -0.15) is 0 Å². The smallest absolute Gasteiger partial charge is 0.123 e. The molecule has 2 aliphatic heterocycles. The Morgan fingerprint density at radius 3 is 2.93 bits per heavy atom. The summed E-state index contributed by atoms with van der Waals surface area (Å²) in [6, 6.07) is 0.397. The highest BCUT2D eigenvalue weighted by atomic mass is 35.5. The number of hydrogen-bond acceptors (Lipinski definition) is 2. The summed E-state index contributed by atoms with van der Waals surface area (Å²) in [6.45, 7) is 1.73. The SMILES string of the molecule is CN1CCC[C@H]1C1(Cl)C=CC(Cl)=NC1. The van der Waals surface area contributed by atoms with Gasteiger partial charge in [-0.3, -0.25) is 4.99 Å². The van der Waals surface area contributed by atoms with Crippen molar-refractivity contribution in [2.45, 2.75) is 23.8 Å². The molecule has 1 fully saturated rings. The van der Waals surface area contributed by atoms with Crippen molar-refractivity contribution in [1.82, 2.24) is 4.90 Å². The lowest BCUT2D eigenvalue weighted by Crippen LogP contribution is -2.46. The molecular weight excluding hydrogens is 219 g/mol. The third-order valence-corrected chi connectivity index (χ3v) is 3.79. The minimum Gasteiger partial charge on any atom is -0.301 e. The minimum atomic E-state index is -0.344. The third kappa shape index (κ3) is 1.83. The van der Waals surface area contributed by atoms with E-state index < -0.39 is 0 Å². The Kier molecular flexibility index (Phi) is 2.87. The number of aliphatic imine (C=N–C) groups is 1. The van der Waals surface area contributed by atoms with Gasteiger partial charge in [-0.05, 0) is 32.5 Å². The van der Waals surface area contributed by atoms with Crippen LogP contribution in [-0.2, 0) is 0 Å². The van der Waals surface area contributed by atoms with E-state index in [0.29, 0.717) is 17.8 Å². The zero-order valence-corrected chi connectivity index (χ0v) is 9.72. The molecule has 0 radical (unpaired) electrons. The van der Waals surface area contributed by atoms with Gasteiger partial charge in [0.15, 0.2) is 0 Å². The van der Waals surface area contributed by atoms with Gasteiger partial charge < -0.3 is 4.90 Å². The van der Waals surface area contributed by atoms with Gasteiger partial charge in [0.2, 0.25) is 0 Å². The van der Waals surface area contributed by atoms with E-state index in [2.05, 4.69) is 16.9 Å². The summed E-state index contributed by atoms with van der Waals surface area (Å²) in [7, 11) is 2.12. The summed E-state index contributed by atoms with van der Waals surface area (Å²) in [5.41, 5.74) is 0. The topological polar surface area (TPSA) is 15.6 Å². The number of hydrogen-bond donors (Lipinski definition) is 0.